The Morgan fingerprint density at radius 2 is 1.62 bits per heavy atom. The maximum atomic E-state index is 6.32. The number of pyridine rings is 1. The molecule has 1 aliphatic heterocycles. The van der Waals surface area contributed by atoms with E-state index in [9.17, 15) is 0 Å². The average molecular weight is 467 g/mol. The van der Waals surface area contributed by atoms with Crippen LogP contribution in [0.25, 0.3) is 0 Å². The summed E-state index contributed by atoms with van der Waals surface area (Å²) in [6.45, 7) is 10.4. The van der Waals surface area contributed by atoms with Gasteiger partial charge in [0, 0.05) is 0 Å². The zero-order valence-electron chi connectivity index (χ0n) is 17.5. The van der Waals surface area contributed by atoms with E-state index in [2.05, 4.69) is 49.9 Å². The third-order valence-corrected chi connectivity index (χ3v) is 23.9. The van der Waals surface area contributed by atoms with Crippen molar-refractivity contribution in [2.75, 3.05) is 11.7 Å². The van der Waals surface area contributed by atoms with Gasteiger partial charge in [-0.1, -0.05) is 0 Å². The van der Waals surface area contributed by atoms with E-state index >= 15 is 0 Å². The number of unbranched alkanes of at least 4 members (excludes halogenated alkanes) is 3. The van der Waals surface area contributed by atoms with Gasteiger partial charge < -0.3 is 0 Å². The minimum absolute atomic E-state index is 0.534. The van der Waals surface area contributed by atoms with Gasteiger partial charge in [0.05, 0.1) is 0 Å². The molecule has 2 rings (SSSR count). The van der Waals surface area contributed by atoms with Crippen molar-refractivity contribution in [1.29, 1.82) is 0 Å². The Morgan fingerprint density at radius 1 is 1.00 bits per heavy atom. The molecule has 0 radical (unpaired) electrons. The van der Waals surface area contributed by atoms with E-state index in [1.807, 2.05) is 12.3 Å². The minimum atomic E-state index is -2.30. The van der Waals surface area contributed by atoms with Gasteiger partial charge in [0.1, 0.15) is 0 Å². The van der Waals surface area contributed by atoms with Crippen molar-refractivity contribution in [3.63, 3.8) is 0 Å². The summed E-state index contributed by atoms with van der Waals surface area (Å²) in [4.78, 5) is 10.9. The standard InChI is InChI=1S/C10H13N2O.3C4H9.Sn/c1-2-9-6-8-13-12(9)10-5-3-4-7-11-10;3*1-3-4-2;/h3-7,9H,2,8H2,1H3;3*1,3-4H2,2H3;/t9-;;;;/m1..../s1. The second-order valence-electron chi connectivity index (χ2n) is 8.06. The number of hydroxylamine groups is 1. The molecule has 0 unspecified atom stereocenters. The van der Waals surface area contributed by atoms with Crippen LogP contribution in [0.15, 0.2) is 24.4 Å². The van der Waals surface area contributed by atoms with Crippen LogP contribution < -0.4 is 5.06 Å². The molecule has 4 heteroatoms. The molecule has 0 saturated carbocycles. The Bertz CT molecular complexity index is 474. The molecule has 148 valence electrons. The van der Waals surface area contributed by atoms with E-state index in [0.717, 1.165) is 16.4 Å². The molecular formula is C22H40N2OSn. The summed E-state index contributed by atoms with van der Waals surface area (Å²) in [6, 6.07) is 6.71. The first-order chi connectivity index (χ1) is 12.7. The van der Waals surface area contributed by atoms with Gasteiger partial charge in [-0.3, -0.25) is 0 Å². The van der Waals surface area contributed by atoms with Gasteiger partial charge in [-0.05, 0) is 0 Å². The fraction of sp³-hybridized carbons (Fsp3) is 0.773. The molecule has 1 saturated heterocycles. The molecule has 1 aliphatic rings. The second-order valence-corrected chi connectivity index (χ2v) is 22.2. The van der Waals surface area contributed by atoms with Crippen LogP contribution in [0.2, 0.25) is 17.2 Å². The third-order valence-electron chi connectivity index (χ3n) is 6.32. The van der Waals surface area contributed by atoms with Crippen LogP contribution in [-0.4, -0.2) is 36.0 Å². The molecule has 0 amide bonds. The van der Waals surface area contributed by atoms with E-state index in [0.29, 0.717) is 6.04 Å². The molecule has 0 N–H and O–H groups in total. The first kappa shape index (κ1) is 22.0. The van der Waals surface area contributed by atoms with E-state index in [-0.39, 0.29) is 0 Å². The SMILES string of the molecule is CCC[CH2][Sn]([CH2]CCC)([CH2]CCC)[C@@H]1CON(c2ccccn2)[C@@H]1CC. The van der Waals surface area contributed by atoms with Crippen molar-refractivity contribution in [1.82, 2.24) is 4.98 Å². The fourth-order valence-electron chi connectivity index (χ4n) is 4.80. The third kappa shape index (κ3) is 5.37. The summed E-state index contributed by atoms with van der Waals surface area (Å²) in [5.41, 5.74) is 0. The molecule has 0 spiro atoms. The Kier molecular flexibility index (Phi) is 9.76. The maximum absolute atomic E-state index is 6.32. The Morgan fingerprint density at radius 3 is 2.08 bits per heavy atom. The zero-order chi connectivity index (χ0) is 18.8. The fourth-order valence-corrected chi connectivity index (χ4v) is 23.8. The summed E-state index contributed by atoms with van der Waals surface area (Å²) < 4.78 is 5.50. The van der Waals surface area contributed by atoms with Crippen LogP contribution in [0.4, 0.5) is 5.82 Å². The van der Waals surface area contributed by atoms with Gasteiger partial charge in [0.2, 0.25) is 0 Å². The molecule has 0 aromatic carbocycles. The number of hydrogen-bond donors (Lipinski definition) is 0. The van der Waals surface area contributed by atoms with Crippen molar-refractivity contribution in [3.8, 4) is 0 Å². The van der Waals surface area contributed by atoms with Gasteiger partial charge in [-0.25, -0.2) is 0 Å². The van der Waals surface area contributed by atoms with E-state index in [1.54, 1.807) is 13.3 Å². The van der Waals surface area contributed by atoms with Crippen molar-refractivity contribution in [2.24, 2.45) is 0 Å². The summed E-state index contributed by atoms with van der Waals surface area (Å²) in [5.74, 6) is 1.00. The van der Waals surface area contributed by atoms with Gasteiger partial charge in [-0.15, -0.1) is 0 Å². The molecule has 1 aromatic heterocycles. The predicted octanol–water partition coefficient (Wildman–Crippen LogP) is 6.83. The zero-order valence-corrected chi connectivity index (χ0v) is 20.4. The summed E-state index contributed by atoms with van der Waals surface area (Å²) >= 11 is -2.30. The van der Waals surface area contributed by atoms with Gasteiger partial charge >= 0.3 is 166 Å². The van der Waals surface area contributed by atoms with E-state index in [1.165, 1.54) is 44.9 Å². The van der Waals surface area contributed by atoms with Gasteiger partial charge in [0.15, 0.2) is 0 Å². The molecule has 26 heavy (non-hydrogen) atoms. The first-order valence-corrected chi connectivity index (χ1v) is 18.8. The quantitative estimate of drug-likeness (QED) is 0.315. The van der Waals surface area contributed by atoms with E-state index < -0.39 is 18.4 Å². The molecule has 2 atom stereocenters. The van der Waals surface area contributed by atoms with Gasteiger partial charge in [-0.2, -0.15) is 0 Å². The average Bonchev–Trinajstić information content (AvgIpc) is 3.13. The molecule has 2 heterocycles. The first-order valence-electron chi connectivity index (χ1n) is 11.1. The van der Waals surface area contributed by atoms with Crippen LogP contribution in [0.1, 0.15) is 72.6 Å². The van der Waals surface area contributed by atoms with Crippen LogP contribution in [0.5, 0.6) is 0 Å². The number of anilines is 1. The molecular weight excluding hydrogens is 427 g/mol. The molecule has 1 aromatic rings. The van der Waals surface area contributed by atoms with Crippen molar-refractivity contribution < 1.29 is 4.84 Å². The molecule has 1 fully saturated rings. The normalized spacial score (nSPS) is 20.7. The molecule has 3 nitrogen and oxygen atoms in total. The van der Waals surface area contributed by atoms with Crippen LogP contribution in [0.3, 0.4) is 0 Å². The summed E-state index contributed by atoms with van der Waals surface area (Å²) in [7, 11) is 0. The van der Waals surface area contributed by atoms with Crippen LogP contribution in [0, 0.1) is 0 Å². The summed E-state index contributed by atoms with van der Waals surface area (Å²) in [6.07, 6.45) is 11.4. The Labute approximate surface area is 165 Å². The predicted molar refractivity (Wildman–Crippen MR) is 115 cm³/mol. The number of nitrogens with zero attached hydrogens (tertiary/aromatic N) is 2. The topological polar surface area (TPSA) is 25.4 Å². The van der Waals surface area contributed by atoms with Crippen molar-refractivity contribution in [2.45, 2.75) is 95.9 Å². The monoisotopic (exact) mass is 468 g/mol. The van der Waals surface area contributed by atoms with E-state index in [4.69, 9.17) is 4.84 Å². The second kappa shape index (κ2) is 11.5. The summed E-state index contributed by atoms with van der Waals surface area (Å²) in [5, 5.41) is 2.18. The van der Waals surface area contributed by atoms with Crippen LogP contribution in [-0.2, 0) is 4.84 Å². The Balaban J connectivity index is 2.28. The van der Waals surface area contributed by atoms with Crippen molar-refractivity contribution >= 4 is 24.2 Å². The number of hydrogen-bond acceptors (Lipinski definition) is 3. The van der Waals surface area contributed by atoms with Gasteiger partial charge in [0.25, 0.3) is 0 Å². The van der Waals surface area contributed by atoms with Crippen molar-refractivity contribution in [3.05, 3.63) is 24.4 Å². The number of aromatic nitrogens is 1. The Hall–Kier alpha value is -0.291. The molecule has 0 aliphatic carbocycles. The number of rotatable bonds is 12. The molecule has 0 bridgehead atoms. The van der Waals surface area contributed by atoms with Crippen LogP contribution >= 0.6 is 0 Å².